The highest BCUT2D eigenvalue weighted by molar-refractivity contribution is 6.09. The Morgan fingerprint density at radius 2 is 1.18 bits per heavy atom. The summed E-state index contributed by atoms with van der Waals surface area (Å²) >= 11 is 0. The van der Waals surface area contributed by atoms with Crippen molar-refractivity contribution in [2.45, 2.75) is 31.7 Å². The molecule has 0 aliphatic carbocycles. The third-order valence-corrected chi connectivity index (χ3v) is 10.1. The molecule has 6 heterocycles. The van der Waals surface area contributed by atoms with Crippen LogP contribution in [0.3, 0.4) is 0 Å². The van der Waals surface area contributed by atoms with Gasteiger partial charge in [-0.05, 0) is 73.1 Å². The molecule has 57 heavy (non-hydrogen) atoms. The first kappa shape index (κ1) is 33.8. The van der Waals surface area contributed by atoms with Crippen molar-refractivity contribution in [3.63, 3.8) is 0 Å². The largest absolute Gasteiger partial charge is 0.438 e. The number of hydrogen-bond acceptors (Lipinski definition) is 11. The van der Waals surface area contributed by atoms with Gasteiger partial charge in [0.05, 0.1) is 39.2 Å². The number of aryl methyl sites for hydroxylation is 2. The monoisotopic (exact) mass is 757 g/mol. The summed E-state index contributed by atoms with van der Waals surface area (Å²) < 4.78 is 23.8. The molecule has 14 heteroatoms. The van der Waals surface area contributed by atoms with E-state index < -0.39 is 22.7 Å². The number of nitro groups is 1. The number of rotatable bonds is 5. The third-order valence-electron chi connectivity index (χ3n) is 10.1. The van der Waals surface area contributed by atoms with Crippen LogP contribution in [-0.2, 0) is 20.2 Å². The van der Waals surface area contributed by atoms with Crippen molar-refractivity contribution in [1.29, 1.82) is 0 Å². The highest BCUT2D eigenvalue weighted by Crippen LogP contribution is 2.50. The van der Waals surface area contributed by atoms with Gasteiger partial charge in [-0.15, -0.1) is 0 Å². The summed E-state index contributed by atoms with van der Waals surface area (Å²) in [5, 5.41) is 31.0. The smallest absolute Gasteiger partial charge is 0.344 e. The van der Waals surface area contributed by atoms with Gasteiger partial charge in [-0.25, -0.2) is 0 Å². The van der Waals surface area contributed by atoms with E-state index in [1.165, 1.54) is 12.1 Å². The molecule has 2 aromatic heterocycles. The van der Waals surface area contributed by atoms with E-state index in [-0.39, 0.29) is 11.6 Å². The molecule has 4 aliphatic heterocycles. The lowest BCUT2D eigenvalue weighted by Gasteiger charge is -2.33. The Morgan fingerprint density at radius 3 is 1.74 bits per heavy atom. The maximum Gasteiger partial charge on any atom is 0.344 e. The number of fused-ring (bicyclic) bond motifs is 2. The van der Waals surface area contributed by atoms with Gasteiger partial charge in [-0.3, -0.25) is 10.1 Å². The van der Waals surface area contributed by atoms with Crippen molar-refractivity contribution in [3.05, 3.63) is 183 Å². The first-order valence-electron chi connectivity index (χ1n) is 18.1. The number of aromatic nitrogens is 4. The Bertz CT molecular complexity index is 2710. The van der Waals surface area contributed by atoms with E-state index >= 15 is 0 Å². The summed E-state index contributed by atoms with van der Waals surface area (Å²) in [4.78, 5) is 24.4. The van der Waals surface area contributed by atoms with Gasteiger partial charge >= 0.3 is 5.79 Å². The topological polar surface area (TPSA) is 150 Å². The van der Waals surface area contributed by atoms with Crippen LogP contribution in [0.5, 0.6) is 23.3 Å². The summed E-state index contributed by atoms with van der Waals surface area (Å²) in [7, 11) is 0. The highest BCUT2D eigenvalue weighted by Gasteiger charge is 2.60. The molecular formula is C43H31N7O7. The molecule has 280 valence electrons. The van der Waals surface area contributed by atoms with Gasteiger partial charge in [-0.2, -0.15) is 19.6 Å². The molecule has 4 aliphatic rings. The van der Waals surface area contributed by atoms with Crippen molar-refractivity contribution in [1.82, 2.24) is 19.6 Å². The summed E-state index contributed by atoms with van der Waals surface area (Å²) in [5.41, 5.74) is 5.26. The van der Waals surface area contributed by atoms with E-state index in [4.69, 9.17) is 39.2 Å². The van der Waals surface area contributed by atoms with Crippen LogP contribution in [0.25, 0.3) is 11.4 Å². The second-order valence-electron chi connectivity index (χ2n) is 13.7. The minimum absolute atomic E-state index is 0.0714. The molecule has 0 unspecified atom stereocenters. The number of non-ortho nitro benzene ring substituents is 1. The molecule has 0 spiro atoms. The average Bonchev–Trinajstić information content (AvgIpc) is 4.03. The zero-order valence-corrected chi connectivity index (χ0v) is 30.4. The molecule has 0 saturated carbocycles. The zero-order valence-electron chi connectivity index (χ0n) is 30.4. The lowest BCUT2D eigenvalue weighted by atomic mass is 9.80. The number of hydrogen-bond donors (Lipinski definition) is 0. The molecule has 11 rings (SSSR count). The van der Waals surface area contributed by atoms with Gasteiger partial charge < -0.3 is 23.9 Å². The summed E-state index contributed by atoms with van der Waals surface area (Å²) in [6.07, 6.45) is -1.05. The van der Waals surface area contributed by atoms with Crippen molar-refractivity contribution in [3.8, 4) is 34.6 Å². The Hall–Kier alpha value is -7.74. The first-order valence-corrected chi connectivity index (χ1v) is 18.1. The van der Waals surface area contributed by atoms with Gasteiger partial charge in [-0.1, -0.05) is 84.0 Å². The van der Waals surface area contributed by atoms with Crippen LogP contribution in [0, 0.1) is 24.0 Å². The Morgan fingerprint density at radius 1 is 0.649 bits per heavy atom. The molecule has 6 bridgehead atoms. The number of ether oxygens (including phenoxy) is 3. The molecule has 0 saturated heterocycles. The van der Waals surface area contributed by atoms with Gasteiger partial charge in [0.25, 0.3) is 11.6 Å². The Balaban J connectivity index is 1.23. The number of nitrogens with zero attached hydrogens (tertiary/aromatic N) is 7. The summed E-state index contributed by atoms with van der Waals surface area (Å²) in [5.74, 6) is -0.700. The molecule has 7 aromatic rings. The van der Waals surface area contributed by atoms with Gasteiger partial charge in [0, 0.05) is 17.7 Å². The van der Waals surface area contributed by atoms with E-state index in [1.54, 1.807) is 45.8 Å². The fourth-order valence-electron chi connectivity index (χ4n) is 7.47. The van der Waals surface area contributed by atoms with Crippen LogP contribution in [0.1, 0.15) is 39.6 Å². The maximum atomic E-state index is 11.8. The average molecular weight is 758 g/mol. The number of para-hydroxylation sites is 2. The standard InChI is InChI=1S/C43H31N7O7/c1-26-35-38-37(28-18-20-32(21-19-28)50(51)52)39(56-46-38)43(29-12-6-3-7-13-29)55-40(47-57-43)36-27(2)45-49(31-16-10-5-11-17-31)42(36)54-34-24-22-33(23-25-34)53-41(35)48(44-26)30-14-8-4-9-15-30/h3-25,37,39H,1-2H3/t37-,39-,43+/m1/s1. The van der Waals surface area contributed by atoms with Crippen LogP contribution >= 0.6 is 0 Å². The highest BCUT2D eigenvalue weighted by atomic mass is 16.8. The molecule has 3 atom stereocenters. The molecule has 0 radical (unpaired) electrons. The Kier molecular flexibility index (Phi) is 7.85. The molecule has 14 nitrogen and oxygen atoms in total. The predicted octanol–water partition coefficient (Wildman–Crippen LogP) is 8.63. The molecular weight excluding hydrogens is 727 g/mol. The van der Waals surface area contributed by atoms with Crippen molar-refractivity contribution in [2.75, 3.05) is 0 Å². The third kappa shape index (κ3) is 5.56. The van der Waals surface area contributed by atoms with Gasteiger partial charge in [0.1, 0.15) is 22.8 Å². The molecule has 0 N–H and O–H groups in total. The molecule has 0 amide bonds. The number of nitro benzene ring substituents is 1. The quantitative estimate of drug-likeness (QED) is 0.124. The predicted molar refractivity (Wildman–Crippen MR) is 207 cm³/mol. The first-order chi connectivity index (χ1) is 27.9. The summed E-state index contributed by atoms with van der Waals surface area (Å²) in [6, 6.07) is 42.0. The van der Waals surface area contributed by atoms with Crippen molar-refractivity contribution >= 4 is 17.3 Å². The second-order valence-corrected chi connectivity index (χ2v) is 13.7. The van der Waals surface area contributed by atoms with Crippen molar-refractivity contribution < 1.29 is 28.8 Å². The van der Waals surface area contributed by atoms with E-state index in [0.29, 0.717) is 62.6 Å². The maximum absolute atomic E-state index is 11.8. The van der Waals surface area contributed by atoms with E-state index in [2.05, 4.69) is 5.16 Å². The lowest BCUT2D eigenvalue weighted by molar-refractivity contribution is -0.384. The van der Waals surface area contributed by atoms with Crippen LogP contribution in [0.2, 0.25) is 0 Å². The van der Waals surface area contributed by atoms with Crippen LogP contribution < -0.4 is 9.47 Å². The van der Waals surface area contributed by atoms with Crippen LogP contribution in [0.15, 0.2) is 150 Å². The minimum Gasteiger partial charge on any atom is -0.438 e. The van der Waals surface area contributed by atoms with E-state index in [0.717, 1.165) is 11.4 Å². The zero-order chi connectivity index (χ0) is 38.7. The lowest BCUT2D eigenvalue weighted by Crippen LogP contribution is -2.46. The number of oxime groups is 2. The van der Waals surface area contributed by atoms with Gasteiger partial charge in [0.2, 0.25) is 17.9 Å². The SMILES string of the molecule is Cc1nn(-c2ccccc2)c2c1C1=NO[C@](c3ccccc3)(O1)[C@@H]1ON=C(c3c(C)nn(-c4ccccc4)c3Oc3ccc(cc3)O2)[C@H]1c1ccc([N+](=O)[O-])cc1. The van der Waals surface area contributed by atoms with Crippen LogP contribution in [-0.4, -0.2) is 42.2 Å². The summed E-state index contributed by atoms with van der Waals surface area (Å²) in [6.45, 7) is 3.71. The van der Waals surface area contributed by atoms with Crippen molar-refractivity contribution in [2.24, 2.45) is 10.3 Å². The second kappa shape index (κ2) is 13.2. The fourth-order valence-corrected chi connectivity index (χ4v) is 7.47. The molecule has 0 fully saturated rings. The normalized spacial score (nSPS) is 19.1. The number of benzene rings is 5. The fraction of sp³-hybridized carbons (Fsp3) is 0.116. The Labute approximate surface area is 324 Å². The van der Waals surface area contributed by atoms with Gasteiger partial charge in [0.15, 0.2) is 0 Å². The van der Waals surface area contributed by atoms with Crippen LogP contribution in [0.4, 0.5) is 5.69 Å². The van der Waals surface area contributed by atoms with E-state index in [9.17, 15) is 10.1 Å². The van der Waals surface area contributed by atoms with E-state index in [1.807, 2.05) is 105 Å². The minimum atomic E-state index is -1.74. The molecule has 5 aromatic carbocycles.